The van der Waals surface area contributed by atoms with E-state index in [1.54, 1.807) is 0 Å². The fourth-order valence-electron chi connectivity index (χ4n) is 1.98. The molecule has 0 aromatic heterocycles. The van der Waals surface area contributed by atoms with Crippen molar-refractivity contribution in [1.29, 1.82) is 0 Å². The van der Waals surface area contributed by atoms with Crippen LogP contribution in [-0.2, 0) is 4.79 Å². The number of likely N-dealkylation sites (tertiary alicyclic amines) is 1. The predicted octanol–water partition coefficient (Wildman–Crippen LogP) is 1.87. The van der Waals surface area contributed by atoms with Gasteiger partial charge in [0.25, 0.3) is 0 Å². The van der Waals surface area contributed by atoms with Crippen LogP contribution < -0.4 is 11.1 Å². The second kappa shape index (κ2) is 7.05. The van der Waals surface area contributed by atoms with Gasteiger partial charge in [0.15, 0.2) is 0 Å². The Bertz CT molecular complexity index is 459. The van der Waals surface area contributed by atoms with Crippen LogP contribution in [0, 0.1) is 5.82 Å². The molecule has 0 aliphatic carbocycles. The molecule has 0 spiro atoms. The van der Waals surface area contributed by atoms with E-state index in [2.05, 4.69) is 5.32 Å². The van der Waals surface area contributed by atoms with Crippen LogP contribution in [0.2, 0.25) is 5.02 Å². The Balaban J connectivity index is 0.00000180. The van der Waals surface area contributed by atoms with Crippen LogP contribution in [-0.4, -0.2) is 36.5 Å². The second-order valence-corrected chi connectivity index (χ2v) is 4.87. The van der Waals surface area contributed by atoms with E-state index in [0.29, 0.717) is 12.2 Å². The minimum absolute atomic E-state index is 0. The molecular formula is C12H16Cl2FN3O. The minimum Gasteiger partial charge on any atom is -0.326 e. The third kappa shape index (κ3) is 4.62. The zero-order valence-corrected chi connectivity index (χ0v) is 11.8. The largest absolute Gasteiger partial charge is 0.326 e. The summed E-state index contributed by atoms with van der Waals surface area (Å²) in [6.07, 6.45) is 0.912. The lowest BCUT2D eigenvalue weighted by molar-refractivity contribution is -0.117. The molecule has 19 heavy (non-hydrogen) atoms. The number of hydrogen-bond acceptors (Lipinski definition) is 3. The summed E-state index contributed by atoms with van der Waals surface area (Å²) in [6, 6.07) is 4.25. The molecule has 1 aromatic carbocycles. The van der Waals surface area contributed by atoms with Gasteiger partial charge in [-0.25, -0.2) is 4.39 Å². The molecule has 1 amide bonds. The normalized spacial score (nSPS) is 19.0. The fourth-order valence-corrected chi connectivity index (χ4v) is 2.16. The number of nitrogens with zero attached hydrogens (tertiary/aromatic N) is 1. The molecule has 1 atom stereocenters. The molecule has 1 aromatic rings. The van der Waals surface area contributed by atoms with Crippen molar-refractivity contribution >= 4 is 35.6 Å². The van der Waals surface area contributed by atoms with Crippen LogP contribution in [0.4, 0.5) is 10.1 Å². The van der Waals surface area contributed by atoms with Crippen molar-refractivity contribution in [3.8, 4) is 0 Å². The average molecular weight is 308 g/mol. The van der Waals surface area contributed by atoms with Gasteiger partial charge in [-0.2, -0.15) is 0 Å². The van der Waals surface area contributed by atoms with E-state index in [-0.39, 0.29) is 29.4 Å². The number of carbonyl (C=O) groups is 1. The molecule has 106 valence electrons. The molecule has 0 bridgehead atoms. The minimum atomic E-state index is -0.500. The van der Waals surface area contributed by atoms with E-state index in [1.165, 1.54) is 18.2 Å². The van der Waals surface area contributed by atoms with Crippen molar-refractivity contribution < 1.29 is 9.18 Å². The number of carbonyl (C=O) groups excluding carboxylic acids is 1. The average Bonchev–Trinajstić information content (AvgIpc) is 2.69. The summed E-state index contributed by atoms with van der Waals surface area (Å²) in [7, 11) is 0. The third-order valence-electron chi connectivity index (χ3n) is 2.88. The van der Waals surface area contributed by atoms with Gasteiger partial charge in [0.05, 0.1) is 11.6 Å². The van der Waals surface area contributed by atoms with E-state index in [4.69, 9.17) is 17.3 Å². The molecule has 3 N–H and O–H groups in total. The van der Waals surface area contributed by atoms with Crippen molar-refractivity contribution in [2.75, 3.05) is 25.0 Å². The Morgan fingerprint density at radius 3 is 2.89 bits per heavy atom. The second-order valence-electron chi connectivity index (χ2n) is 4.46. The molecule has 1 unspecified atom stereocenters. The van der Waals surface area contributed by atoms with E-state index < -0.39 is 5.82 Å². The van der Waals surface area contributed by atoms with Crippen LogP contribution in [0.25, 0.3) is 0 Å². The van der Waals surface area contributed by atoms with Crippen LogP contribution in [0.5, 0.6) is 0 Å². The van der Waals surface area contributed by atoms with E-state index >= 15 is 0 Å². The van der Waals surface area contributed by atoms with Gasteiger partial charge < -0.3 is 11.1 Å². The van der Waals surface area contributed by atoms with Gasteiger partial charge in [-0.1, -0.05) is 11.6 Å². The van der Waals surface area contributed by atoms with Gasteiger partial charge in [-0.3, -0.25) is 9.69 Å². The smallest absolute Gasteiger partial charge is 0.238 e. The van der Waals surface area contributed by atoms with Gasteiger partial charge in [-0.05, 0) is 24.6 Å². The summed E-state index contributed by atoms with van der Waals surface area (Å²) < 4.78 is 12.9. The van der Waals surface area contributed by atoms with E-state index in [1.807, 2.05) is 4.90 Å². The number of hydrogen-bond donors (Lipinski definition) is 2. The number of rotatable bonds is 3. The van der Waals surface area contributed by atoms with Crippen LogP contribution in [0.15, 0.2) is 18.2 Å². The molecule has 1 aliphatic rings. The lowest BCUT2D eigenvalue weighted by Crippen LogP contribution is -2.33. The van der Waals surface area contributed by atoms with Gasteiger partial charge in [0, 0.05) is 24.8 Å². The van der Waals surface area contributed by atoms with Crippen molar-refractivity contribution in [1.82, 2.24) is 4.90 Å². The Morgan fingerprint density at radius 2 is 2.32 bits per heavy atom. The maximum atomic E-state index is 12.9. The number of anilines is 1. The Morgan fingerprint density at radius 1 is 1.58 bits per heavy atom. The SMILES string of the molecule is Cl.NC1CCN(CC(=O)Nc2ccc(F)c(Cl)c2)C1. The molecule has 1 saturated heterocycles. The highest BCUT2D eigenvalue weighted by Crippen LogP contribution is 2.19. The lowest BCUT2D eigenvalue weighted by atomic mass is 10.3. The number of benzene rings is 1. The van der Waals surface area contributed by atoms with Gasteiger partial charge in [-0.15, -0.1) is 12.4 Å². The van der Waals surface area contributed by atoms with E-state index in [0.717, 1.165) is 19.5 Å². The van der Waals surface area contributed by atoms with Crippen LogP contribution in [0.3, 0.4) is 0 Å². The molecule has 1 fully saturated rings. The molecule has 1 aliphatic heterocycles. The van der Waals surface area contributed by atoms with Gasteiger partial charge in [0.2, 0.25) is 5.91 Å². The molecular weight excluding hydrogens is 292 g/mol. The van der Waals surface area contributed by atoms with Crippen LogP contribution >= 0.6 is 24.0 Å². The maximum Gasteiger partial charge on any atom is 0.238 e. The Labute approximate surface area is 122 Å². The number of nitrogens with one attached hydrogen (secondary N) is 1. The first-order valence-corrected chi connectivity index (χ1v) is 6.15. The molecule has 0 saturated carbocycles. The number of halogens is 3. The van der Waals surface area contributed by atoms with Crippen molar-refractivity contribution in [3.63, 3.8) is 0 Å². The third-order valence-corrected chi connectivity index (χ3v) is 3.17. The molecule has 7 heteroatoms. The van der Waals surface area contributed by atoms with Crippen molar-refractivity contribution in [2.45, 2.75) is 12.5 Å². The topological polar surface area (TPSA) is 58.4 Å². The Kier molecular flexibility index (Phi) is 6.00. The molecule has 4 nitrogen and oxygen atoms in total. The van der Waals surface area contributed by atoms with E-state index in [9.17, 15) is 9.18 Å². The first kappa shape index (κ1) is 16.2. The highest BCUT2D eigenvalue weighted by molar-refractivity contribution is 6.31. The summed E-state index contributed by atoms with van der Waals surface area (Å²) in [5, 5.41) is 2.68. The van der Waals surface area contributed by atoms with Crippen LogP contribution in [0.1, 0.15) is 6.42 Å². The monoisotopic (exact) mass is 307 g/mol. The summed E-state index contributed by atoms with van der Waals surface area (Å²) in [4.78, 5) is 13.7. The molecule has 0 radical (unpaired) electrons. The number of amides is 1. The maximum absolute atomic E-state index is 12.9. The molecule has 2 rings (SSSR count). The lowest BCUT2D eigenvalue weighted by Gasteiger charge is -2.14. The highest BCUT2D eigenvalue weighted by Gasteiger charge is 2.20. The summed E-state index contributed by atoms with van der Waals surface area (Å²) in [5.74, 6) is -0.646. The number of nitrogens with two attached hydrogens (primary N) is 1. The highest BCUT2D eigenvalue weighted by atomic mass is 35.5. The first-order chi connectivity index (χ1) is 8.54. The van der Waals surface area contributed by atoms with Gasteiger partial charge in [0.1, 0.15) is 5.82 Å². The Hall–Kier alpha value is -0.880. The fraction of sp³-hybridized carbons (Fsp3) is 0.417. The summed E-state index contributed by atoms with van der Waals surface area (Å²) in [6.45, 7) is 1.86. The summed E-state index contributed by atoms with van der Waals surface area (Å²) >= 11 is 5.63. The first-order valence-electron chi connectivity index (χ1n) is 5.77. The quantitative estimate of drug-likeness (QED) is 0.896. The zero-order valence-electron chi connectivity index (χ0n) is 10.2. The molecule has 1 heterocycles. The van der Waals surface area contributed by atoms with Crippen molar-refractivity contribution in [2.24, 2.45) is 5.73 Å². The standard InChI is InChI=1S/C12H15ClFN3O.ClH/c13-10-5-9(1-2-11(10)14)16-12(18)7-17-4-3-8(15)6-17;/h1-2,5,8H,3-4,6-7,15H2,(H,16,18);1H. The summed E-state index contributed by atoms with van der Waals surface area (Å²) in [5.41, 5.74) is 6.25. The van der Waals surface area contributed by atoms with Crippen molar-refractivity contribution in [3.05, 3.63) is 29.0 Å². The predicted molar refractivity (Wildman–Crippen MR) is 76.3 cm³/mol. The zero-order chi connectivity index (χ0) is 13.1. The van der Waals surface area contributed by atoms with Gasteiger partial charge >= 0.3 is 0 Å².